The third-order valence-electron chi connectivity index (χ3n) is 4.33. The Bertz CT molecular complexity index is 959. The molecule has 1 unspecified atom stereocenters. The van der Waals surface area contributed by atoms with Gasteiger partial charge in [-0.3, -0.25) is 4.79 Å². The molecular formula is C18H18N6O3. The first kappa shape index (κ1) is 16.8. The lowest BCUT2D eigenvalue weighted by atomic mass is 10.2. The molecule has 2 aromatic carbocycles. The van der Waals surface area contributed by atoms with Gasteiger partial charge in [-0.25, -0.2) is 4.68 Å². The van der Waals surface area contributed by atoms with Crippen molar-refractivity contribution in [2.24, 2.45) is 0 Å². The van der Waals surface area contributed by atoms with Gasteiger partial charge in [0.15, 0.2) is 6.10 Å². The third-order valence-corrected chi connectivity index (χ3v) is 4.33. The normalized spacial score (nSPS) is 15.6. The number of nitrogens with zero attached hydrogens (tertiary/aromatic N) is 5. The highest BCUT2D eigenvalue weighted by atomic mass is 16.5. The van der Waals surface area contributed by atoms with E-state index in [-0.39, 0.29) is 5.91 Å². The van der Waals surface area contributed by atoms with Crippen molar-refractivity contribution in [3.63, 3.8) is 0 Å². The number of fused-ring (bicyclic) bond motifs is 1. The molecule has 1 N–H and O–H groups in total. The predicted molar refractivity (Wildman–Crippen MR) is 98.5 cm³/mol. The molecule has 0 saturated heterocycles. The van der Waals surface area contributed by atoms with Gasteiger partial charge in [0, 0.05) is 13.1 Å². The SMILES string of the molecule is COc1cc(-n2cnnn2)ccc1NC(=O)C1CN(C)c2ccccc2O1. The molecule has 1 aliphatic heterocycles. The first-order valence-electron chi connectivity index (χ1n) is 8.35. The molecule has 0 fully saturated rings. The molecule has 0 saturated carbocycles. The van der Waals surface area contributed by atoms with E-state index in [2.05, 4.69) is 20.8 Å². The molecule has 9 nitrogen and oxygen atoms in total. The average molecular weight is 366 g/mol. The van der Waals surface area contributed by atoms with Crippen LogP contribution >= 0.6 is 0 Å². The van der Waals surface area contributed by atoms with E-state index in [0.29, 0.717) is 23.7 Å². The van der Waals surface area contributed by atoms with E-state index in [1.807, 2.05) is 36.2 Å². The van der Waals surface area contributed by atoms with Crippen molar-refractivity contribution in [2.45, 2.75) is 6.10 Å². The van der Waals surface area contributed by atoms with Gasteiger partial charge in [0.1, 0.15) is 17.8 Å². The number of anilines is 2. The van der Waals surface area contributed by atoms with Gasteiger partial charge in [-0.15, -0.1) is 5.10 Å². The van der Waals surface area contributed by atoms with Crippen molar-refractivity contribution in [2.75, 3.05) is 30.9 Å². The maximum Gasteiger partial charge on any atom is 0.267 e. The minimum absolute atomic E-state index is 0.246. The molecule has 2 heterocycles. The molecule has 27 heavy (non-hydrogen) atoms. The second kappa shape index (κ2) is 6.94. The van der Waals surface area contributed by atoms with Crippen LogP contribution in [-0.2, 0) is 4.79 Å². The Kier molecular flexibility index (Phi) is 4.33. The van der Waals surface area contributed by atoms with E-state index in [0.717, 1.165) is 11.4 Å². The van der Waals surface area contributed by atoms with Crippen molar-refractivity contribution in [1.82, 2.24) is 20.2 Å². The molecule has 138 valence electrons. The molecular weight excluding hydrogens is 348 g/mol. The average Bonchev–Trinajstić information content (AvgIpc) is 3.23. The summed E-state index contributed by atoms with van der Waals surface area (Å²) in [5, 5.41) is 13.9. The lowest BCUT2D eigenvalue weighted by Crippen LogP contribution is -2.45. The fourth-order valence-corrected chi connectivity index (χ4v) is 2.96. The minimum Gasteiger partial charge on any atom is -0.494 e. The molecule has 9 heteroatoms. The van der Waals surface area contributed by atoms with Crippen LogP contribution in [-0.4, -0.2) is 52.9 Å². The Hall–Kier alpha value is -3.62. The first-order valence-corrected chi connectivity index (χ1v) is 8.35. The third kappa shape index (κ3) is 3.26. The van der Waals surface area contributed by atoms with Crippen molar-refractivity contribution < 1.29 is 14.3 Å². The van der Waals surface area contributed by atoms with E-state index in [4.69, 9.17) is 9.47 Å². The Balaban J connectivity index is 1.53. The zero-order valence-corrected chi connectivity index (χ0v) is 14.9. The summed E-state index contributed by atoms with van der Waals surface area (Å²) < 4.78 is 12.8. The number of tetrazole rings is 1. The quantitative estimate of drug-likeness (QED) is 0.748. The number of amides is 1. The van der Waals surface area contributed by atoms with Crippen LogP contribution in [0.3, 0.4) is 0 Å². The van der Waals surface area contributed by atoms with Gasteiger partial charge in [0.05, 0.1) is 30.7 Å². The summed E-state index contributed by atoms with van der Waals surface area (Å²) in [7, 11) is 3.47. The number of likely N-dealkylation sites (N-methyl/N-ethyl adjacent to an activating group) is 1. The number of aromatic nitrogens is 4. The van der Waals surface area contributed by atoms with Crippen molar-refractivity contribution in [3.8, 4) is 17.2 Å². The smallest absolute Gasteiger partial charge is 0.267 e. The number of carbonyl (C=O) groups is 1. The summed E-state index contributed by atoms with van der Waals surface area (Å²) >= 11 is 0. The summed E-state index contributed by atoms with van der Waals surface area (Å²) in [6.45, 7) is 0.452. The minimum atomic E-state index is -0.631. The number of carbonyl (C=O) groups excluding carboxylic acids is 1. The predicted octanol–water partition coefficient (Wildman–Crippen LogP) is 1.51. The Morgan fingerprint density at radius 3 is 2.93 bits per heavy atom. The number of rotatable bonds is 4. The Labute approximate surface area is 155 Å². The number of para-hydroxylation sites is 2. The van der Waals surface area contributed by atoms with Crippen LogP contribution in [0.2, 0.25) is 0 Å². The maximum absolute atomic E-state index is 12.7. The van der Waals surface area contributed by atoms with Gasteiger partial charge in [0.25, 0.3) is 5.91 Å². The number of nitrogens with one attached hydrogen (secondary N) is 1. The standard InChI is InChI=1S/C18H18N6O3/c1-23-10-17(27-15-6-4-3-5-14(15)23)18(25)20-13-8-7-12(9-16(13)26-2)24-11-19-21-22-24/h3-9,11,17H,10H2,1-2H3,(H,20,25). The van der Waals surface area contributed by atoms with Crippen LogP contribution in [0.4, 0.5) is 11.4 Å². The Morgan fingerprint density at radius 1 is 1.30 bits per heavy atom. The van der Waals surface area contributed by atoms with Crippen LogP contribution in [0.15, 0.2) is 48.8 Å². The second-order valence-electron chi connectivity index (χ2n) is 6.08. The molecule has 0 aliphatic carbocycles. The second-order valence-corrected chi connectivity index (χ2v) is 6.08. The molecule has 1 atom stereocenters. The molecule has 0 spiro atoms. The number of hydrogen-bond acceptors (Lipinski definition) is 7. The topological polar surface area (TPSA) is 94.4 Å². The molecule has 0 bridgehead atoms. The van der Waals surface area contributed by atoms with Crippen LogP contribution in [0.5, 0.6) is 11.5 Å². The Morgan fingerprint density at radius 2 is 2.15 bits per heavy atom. The molecule has 1 aromatic heterocycles. The number of hydrogen-bond donors (Lipinski definition) is 1. The van der Waals surface area contributed by atoms with Crippen LogP contribution < -0.4 is 19.7 Å². The lowest BCUT2D eigenvalue weighted by Gasteiger charge is -2.33. The lowest BCUT2D eigenvalue weighted by molar-refractivity contribution is -0.122. The van der Waals surface area contributed by atoms with E-state index < -0.39 is 6.10 Å². The summed E-state index contributed by atoms with van der Waals surface area (Å²) in [6.07, 6.45) is 0.852. The fourth-order valence-electron chi connectivity index (χ4n) is 2.96. The van der Waals surface area contributed by atoms with Gasteiger partial charge >= 0.3 is 0 Å². The highest BCUT2D eigenvalue weighted by molar-refractivity contribution is 5.96. The zero-order valence-electron chi connectivity index (χ0n) is 14.9. The van der Waals surface area contributed by atoms with Crippen LogP contribution in [0, 0.1) is 0 Å². The molecule has 1 aliphatic rings. The highest BCUT2D eigenvalue weighted by Crippen LogP contribution is 2.33. The summed E-state index contributed by atoms with van der Waals surface area (Å²) in [5.41, 5.74) is 2.23. The molecule has 0 radical (unpaired) electrons. The van der Waals surface area contributed by atoms with Gasteiger partial charge in [0.2, 0.25) is 0 Å². The van der Waals surface area contributed by atoms with Crippen molar-refractivity contribution in [3.05, 3.63) is 48.8 Å². The summed E-state index contributed by atoms with van der Waals surface area (Å²) in [5.74, 6) is 0.943. The van der Waals surface area contributed by atoms with Crippen LogP contribution in [0.1, 0.15) is 0 Å². The molecule has 3 aromatic rings. The highest BCUT2D eigenvalue weighted by Gasteiger charge is 2.29. The molecule has 4 rings (SSSR count). The van der Waals surface area contributed by atoms with E-state index in [9.17, 15) is 4.79 Å². The zero-order chi connectivity index (χ0) is 18.8. The van der Waals surface area contributed by atoms with E-state index in [1.54, 1.807) is 18.2 Å². The van der Waals surface area contributed by atoms with Crippen LogP contribution in [0.25, 0.3) is 5.69 Å². The van der Waals surface area contributed by atoms with Gasteiger partial charge in [-0.05, 0) is 34.7 Å². The number of ether oxygens (including phenoxy) is 2. The summed E-state index contributed by atoms with van der Waals surface area (Å²) in [6, 6.07) is 12.9. The van der Waals surface area contributed by atoms with Gasteiger partial charge in [-0.2, -0.15) is 0 Å². The number of benzene rings is 2. The van der Waals surface area contributed by atoms with Gasteiger partial charge in [-0.1, -0.05) is 12.1 Å². The van der Waals surface area contributed by atoms with Crippen molar-refractivity contribution >= 4 is 17.3 Å². The van der Waals surface area contributed by atoms with Crippen molar-refractivity contribution in [1.29, 1.82) is 0 Å². The van der Waals surface area contributed by atoms with E-state index >= 15 is 0 Å². The monoisotopic (exact) mass is 366 g/mol. The van der Waals surface area contributed by atoms with E-state index in [1.165, 1.54) is 18.1 Å². The number of methoxy groups -OCH3 is 1. The maximum atomic E-state index is 12.7. The summed E-state index contributed by atoms with van der Waals surface area (Å²) in [4.78, 5) is 14.7. The largest absolute Gasteiger partial charge is 0.494 e. The molecule has 1 amide bonds. The first-order chi connectivity index (χ1) is 13.2. The van der Waals surface area contributed by atoms with Gasteiger partial charge < -0.3 is 19.7 Å². The fraction of sp³-hybridized carbons (Fsp3) is 0.222.